The van der Waals surface area contributed by atoms with Crippen molar-refractivity contribution in [3.63, 3.8) is 0 Å². The highest BCUT2D eigenvalue weighted by Crippen LogP contribution is 2.30. The highest BCUT2D eigenvalue weighted by molar-refractivity contribution is 7.88. The molecule has 2 heterocycles. The van der Waals surface area contributed by atoms with Gasteiger partial charge in [0.2, 0.25) is 21.8 Å². The Morgan fingerprint density at radius 2 is 1.67 bits per heavy atom. The molecule has 5 rings (SSSR count). The second-order valence-corrected chi connectivity index (χ2v) is 15.7. The van der Waals surface area contributed by atoms with E-state index in [4.69, 9.17) is 11.6 Å². The first kappa shape index (κ1) is 34.8. The number of rotatable bonds is 12. The molecule has 252 valence electrons. The summed E-state index contributed by atoms with van der Waals surface area (Å²) >= 11 is 6.13. The molecule has 9 nitrogen and oxygen atoms in total. The molecule has 1 saturated heterocycles. The minimum atomic E-state index is -3.31. The lowest BCUT2D eigenvalue weighted by atomic mass is 9.84. The summed E-state index contributed by atoms with van der Waals surface area (Å²) in [5, 5.41) is 7.07. The maximum atomic E-state index is 14.1. The van der Waals surface area contributed by atoms with Gasteiger partial charge in [-0.15, -0.1) is 0 Å². The molecule has 3 unspecified atom stereocenters. The first-order valence-corrected chi connectivity index (χ1v) is 19.2. The van der Waals surface area contributed by atoms with Crippen LogP contribution in [0, 0.1) is 5.92 Å². The number of benzene rings is 2. The van der Waals surface area contributed by atoms with E-state index in [-0.39, 0.29) is 17.9 Å². The van der Waals surface area contributed by atoms with E-state index >= 15 is 0 Å². The Bertz CT molecular complexity index is 1420. The average Bonchev–Trinajstić information content (AvgIpc) is 3.06. The van der Waals surface area contributed by atoms with Gasteiger partial charge in [-0.25, -0.2) is 12.7 Å². The van der Waals surface area contributed by atoms with Gasteiger partial charge >= 0.3 is 0 Å². The summed E-state index contributed by atoms with van der Waals surface area (Å²) in [4.78, 5) is 31.9. The van der Waals surface area contributed by atoms with Gasteiger partial charge in [-0.2, -0.15) is 0 Å². The van der Waals surface area contributed by atoms with Crippen molar-refractivity contribution in [2.75, 3.05) is 45.5 Å². The SMILES string of the molecule is CCN(CC(CC1CCCCC1)N1CCN(C(=O)C(Cc2ccc(Cl)cc2)NC(=O)C2Cc3ccccc3CN2)CC1)S(C)(=O)=O. The molecule has 0 radical (unpaired) electrons. The Labute approximate surface area is 280 Å². The molecule has 1 aliphatic carbocycles. The van der Waals surface area contributed by atoms with Crippen LogP contribution in [0.1, 0.15) is 62.1 Å². The largest absolute Gasteiger partial charge is 0.343 e. The van der Waals surface area contributed by atoms with Gasteiger partial charge < -0.3 is 15.5 Å². The number of piperazine rings is 1. The van der Waals surface area contributed by atoms with Crippen molar-refractivity contribution in [3.8, 4) is 0 Å². The molecule has 2 aromatic rings. The highest BCUT2D eigenvalue weighted by Gasteiger charge is 2.35. The Balaban J connectivity index is 1.26. The number of halogens is 1. The molecule has 2 amide bonds. The maximum absolute atomic E-state index is 14.1. The number of nitrogens with zero attached hydrogens (tertiary/aromatic N) is 3. The van der Waals surface area contributed by atoms with Gasteiger partial charge in [0.25, 0.3) is 0 Å². The van der Waals surface area contributed by atoms with Crippen molar-refractivity contribution in [2.24, 2.45) is 5.92 Å². The quantitative estimate of drug-likeness (QED) is 0.356. The number of hydrogen-bond acceptors (Lipinski definition) is 6. The van der Waals surface area contributed by atoms with Gasteiger partial charge in [-0.05, 0) is 47.6 Å². The summed E-state index contributed by atoms with van der Waals surface area (Å²) in [5.41, 5.74) is 3.27. The molecule has 2 N–H and O–H groups in total. The standard InChI is InChI=1S/C35H50ClN5O4S/c1-3-41(46(2,44)45)25-31(21-26-9-5-4-6-10-26)39-17-19-40(20-18-39)35(43)33(22-27-13-15-30(36)16-14-27)38-34(42)32-23-28-11-7-8-12-29(28)24-37-32/h7-8,11-16,26,31-33,37H,3-6,9-10,17-25H2,1-2H3,(H,38,42). The first-order chi connectivity index (χ1) is 22.1. The summed E-state index contributed by atoms with van der Waals surface area (Å²) in [5.74, 6) is 0.346. The number of fused-ring (bicyclic) bond motifs is 1. The fraction of sp³-hybridized carbons (Fsp3) is 0.600. The van der Waals surface area contributed by atoms with Gasteiger partial charge in [0.1, 0.15) is 6.04 Å². The van der Waals surface area contributed by atoms with Gasteiger partial charge in [-0.3, -0.25) is 14.5 Å². The molecular formula is C35H50ClN5O4S. The lowest BCUT2D eigenvalue weighted by Crippen LogP contribution is -2.60. The Kier molecular flexibility index (Phi) is 12.2. The number of carbonyl (C=O) groups is 2. The summed E-state index contributed by atoms with van der Waals surface area (Å²) in [7, 11) is -3.31. The molecular weight excluding hydrogens is 622 g/mol. The third kappa shape index (κ3) is 9.31. The van der Waals surface area contributed by atoms with Gasteiger partial charge in [0.15, 0.2) is 0 Å². The van der Waals surface area contributed by atoms with Crippen molar-refractivity contribution in [1.29, 1.82) is 0 Å². The molecule has 11 heteroatoms. The molecule has 2 fully saturated rings. The Hall–Kier alpha value is -2.50. The molecule has 1 saturated carbocycles. The number of nitrogens with one attached hydrogen (secondary N) is 2. The molecule has 46 heavy (non-hydrogen) atoms. The van der Waals surface area contributed by atoms with Crippen LogP contribution in [-0.2, 0) is 39.0 Å². The van der Waals surface area contributed by atoms with Crippen LogP contribution < -0.4 is 10.6 Å². The molecule has 3 atom stereocenters. The summed E-state index contributed by atoms with van der Waals surface area (Å²) in [6.07, 6.45) is 9.39. The average molecular weight is 672 g/mol. The zero-order valence-electron chi connectivity index (χ0n) is 27.3. The van der Waals surface area contributed by atoms with Crippen molar-refractivity contribution < 1.29 is 18.0 Å². The van der Waals surface area contributed by atoms with E-state index in [2.05, 4.69) is 27.7 Å². The van der Waals surface area contributed by atoms with Gasteiger partial charge in [0.05, 0.1) is 12.3 Å². The topological polar surface area (TPSA) is 102 Å². The van der Waals surface area contributed by atoms with E-state index in [9.17, 15) is 18.0 Å². The molecule has 0 aromatic heterocycles. The van der Waals surface area contributed by atoms with Crippen LogP contribution in [-0.4, -0.2) is 98.0 Å². The fourth-order valence-corrected chi connectivity index (χ4v) is 8.41. The van der Waals surface area contributed by atoms with E-state index in [1.54, 1.807) is 16.4 Å². The van der Waals surface area contributed by atoms with Gasteiger partial charge in [-0.1, -0.05) is 87.0 Å². The number of carbonyl (C=O) groups excluding carboxylic acids is 2. The van der Waals surface area contributed by atoms with E-state index < -0.39 is 22.1 Å². The van der Waals surface area contributed by atoms with Crippen LogP contribution in [0.15, 0.2) is 48.5 Å². The van der Waals surface area contributed by atoms with E-state index in [1.165, 1.54) is 43.9 Å². The van der Waals surface area contributed by atoms with Crippen molar-refractivity contribution in [3.05, 3.63) is 70.2 Å². The van der Waals surface area contributed by atoms with Crippen LogP contribution in [0.2, 0.25) is 5.02 Å². The highest BCUT2D eigenvalue weighted by atomic mass is 35.5. The smallest absolute Gasteiger partial charge is 0.245 e. The Morgan fingerprint density at radius 1 is 1.00 bits per heavy atom. The maximum Gasteiger partial charge on any atom is 0.245 e. The lowest BCUT2D eigenvalue weighted by Gasteiger charge is -2.42. The second kappa shape index (κ2) is 16.1. The zero-order chi connectivity index (χ0) is 32.7. The summed E-state index contributed by atoms with van der Waals surface area (Å²) in [6.45, 7) is 5.85. The zero-order valence-corrected chi connectivity index (χ0v) is 28.9. The van der Waals surface area contributed by atoms with Crippen LogP contribution >= 0.6 is 11.6 Å². The van der Waals surface area contributed by atoms with E-state index in [1.807, 2.05) is 36.1 Å². The predicted molar refractivity (Wildman–Crippen MR) is 183 cm³/mol. The minimum Gasteiger partial charge on any atom is -0.343 e. The number of amides is 2. The molecule has 3 aliphatic rings. The van der Waals surface area contributed by atoms with Crippen molar-refractivity contribution >= 4 is 33.4 Å². The lowest BCUT2D eigenvalue weighted by molar-refractivity contribution is -0.138. The normalized spacial score (nSPS) is 21.0. The van der Waals surface area contributed by atoms with E-state index in [0.29, 0.717) is 69.6 Å². The molecule has 0 bridgehead atoms. The minimum absolute atomic E-state index is 0.0886. The van der Waals surface area contributed by atoms with E-state index in [0.717, 1.165) is 17.5 Å². The van der Waals surface area contributed by atoms with Crippen LogP contribution in [0.5, 0.6) is 0 Å². The number of sulfonamides is 1. The molecule has 0 spiro atoms. The second-order valence-electron chi connectivity index (χ2n) is 13.3. The van der Waals surface area contributed by atoms with Crippen LogP contribution in [0.3, 0.4) is 0 Å². The number of hydrogen-bond donors (Lipinski definition) is 2. The molecule has 2 aliphatic heterocycles. The third-order valence-corrected chi connectivity index (χ3v) is 11.7. The van der Waals surface area contributed by atoms with Crippen LogP contribution in [0.4, 0.5) is 0 Å². The molecule has 2 aromatic carbocycles. The predicted octanol–water partition coefficient (Wildman–Crippen LogP) is 3.85. The third-order valence-electron chi connectivity index (χ3n) is 10.1. The first-order valence-electron chi connectivity index (χ1n) is 16.9. The van der Waals surface area contributed by atoms with Crippen LogP contribution in [0.25, 0.3) is 0 Å². The summed E-state index contributed by atoms with van der Waals surface area (Å²) < 4.78 is 26.6. The Morgan fingerprint density at radius 3 is 2.33 bits per heavy atom. The number of likely N-dealkylation sites (N-methyl/N-ethyl adjacent to an activating group) is 1. The van der Waals surface area contributed by atoms with Gasteiger partial charge in [0, 0.05) is 63.3 Å². The monoisotopic (exact) mass is 671 g/mol. The van der Waals surface area contributed by atoms with Crippen molar-refractivity contribution in [1.82, 2.24) is 24.7 Å². The summed E-state index contributed by atoms with van der Waals surface area (Å²) in [6, 6.07) is 14.5. The van der Waals surface area contributed by atoms with Crippen molar-refractivity contribution in [2.45, 2.75) is 83.0 Å². The fourth-order valence-electron chi connectivity index (χ4n) is 7.38.